The van der Waals surface area contributed by atoms with Crippen molar-refractivity contribution < 1.29 is 38.2 Å². The number of fused-ring (bicyclic) bond motifs is 1. The summed E-state index contributed by atoms with van der Waals surface area (Å²) < 4.78 is 29.8. The molecule has 2 aromatic rings. The Morgan fingerprint density at radius 1 is 1.45 bits per heavy atom. The number of anilines is 1. The molecule has 170 valence electrons. The minimum Gasteiger partial charge on any atom is -0.481 e. The zero-order valence-electron chi connectivity index (χ0n) is 16.3. The van der Waals surface area contributed by atoms with Crippen LogP contribution in [0.4, 0.5) is 5.82 Å². The Hall–Kier alpha value is -2.68. The second-order valence-corrected chi connectivity index (χ2v) is 8.53. The molecule has 16 heteroatoms. The highest BCUT2D eigenvalue weighted by atomic mass is 31.2. The number of imidazole rings is 1. The van der Waals surface area contributed by atoms with Gasteiger partial charge in [0.15, 0.2) is 11.5 Å². The van der Waals surface area contributed by atoms with Gasteiger partial charge in [-0.3, -0.25) is 13.9 Å². The molecule has 0 bridgehead atoms. The van der Waals surface area contributed by atoms with E-state index in [1.54, 1.807) is 4.57 Å². The first-order valence-electron chi connectivity index (χ1n) is 9.04. The molecule has 0 saturated carbocycles. The van der Waals surface area contributed by atoms with Gasteiger partial charge in [0.05, 0.1) is 25.5 Å². The molecule has 0 amide bonds. The van der Waals surface area contributed by atoms with Crippen molar-refractivity contribution in [2.75, 3.05) is 19.4 Å². The number of nitrogen functional groups attached to an aromatic ring is 1. The van der Waals surface area contributed by atoms with Gasteiger partial charge in [-0.1, -0.05) is 0 Å². The molecule has 31 heavy (non-hydrogen) atoms. The minimum atomic E-state index is -4.18. The first kappa shape index (κ1) is 23.0. The summed E-state index contributed by atoms with van der Waals surface area (Å²) in [6.07, 6.45) is -0.428. The van der Waals surface area contributed by atoms with E-state index >= 15 is 0 Å². The Bertz CT molecular complexity index is 1020. The quantitative estimate of drug-likeness (QED) is 0.276. The van der Waals surface area contributed by atoms with Gasteiger partial charge in [0.1, 0.15) is 30.2 Å². The van der Waals surface area contributed by atoms with E-state index in [4.69, 9.17) is 30.4 Å². The van der Waals surface area contributed by atoms with Crippen molar-refractivity contribution in [1.29, 1.82) is 0 Å². The van der Waals surface area contributed by atoms with Crippen LogP contribution in [-0.4, -0.2) is 73.6 Å². The van der Waals surface area contributed by atoms with Gasteiger partial charge in [0.2, 0.25) is 0 Å². The summed E-state index contributed by atoms with van der Waals surface area (Å²) in [4.78, 5) is 34.6. The monoisotopic (exact) mass is 459 g/mol. The molecular weight excluding hydrogens is 437 g/mol. The molecule has 3 heterocycles. The number of carbonyl (C=O) groups is 2. The number of aliphatic hydroxyl groups excluding tert-OH is 1. The fourth-order valence-electron chi connectivity index (χ4n) is 2.88. The number of nitrogens with zero attached hydrogens (tertiary/aromatic N) is 4. The van der Waals surface area contributed by atoms with E-state index in [9.17, 15) is 19.3 Å². The SMILES string of the molecule is CNP(=O)(OC[C@H]1O[C@@H](n2cnc3c(N)ncnc32)C[C@@H]1O)OC(=O)[C@@H](N)CC(=O)O. The number of carbonyl (C=O) groups excluding carboxylic acids is 1. The van der Waals surface area contributed by atoms with Crippen molar-refractivity contribution in [3.8, 4) is 0 Å². The highest BCUT2D eigenvalue weighted by Gasteiger charge is 2.39. The Balaban J connectivity index is 1.63. The third kappa shape index (κ3) is 5.15. The van der Waals surface area contributed by atoms with Crippen LogP contribution < -0.4 is 16.6 Å². The third-order valence-corrected chi connectivity index (χ3v) is 5.95. The average Bonchev–Trinajstić information content (AvgIpc) is 3.30. The summed E-state index contributed by atoms with van der Waals surface area (Å²) in [6.45, 7) is -0.402. The van der Waals surface area contributed by atoms with Crippen LogP contribution >= 0.6 is 7.75 Å². The van der Waals surface area contributed by atoms with Gasteiger partial charge in [-0.25, -0.2) is 29.4 Å². The van der Waals surface area contributed by atoms with E-state index in [1.807, 2.05) is 0 Å². The number of aromatic nitrogens is 4. The van der Waals surface area contributed by atoms with Gasteiger partial charge in [0.25, 0.3) is 0 Å². The van der Waals surface area contributed by atoms with Gasteiger partial charge in [0, 0.05) is 6.42 Å². The highest BCUT2D eigenvalue weighted by Crippen LogP contribution is 2.44. The fraction of sp³-hybridized carbons (Fsp3) is 0.533. The molecule has 1 saturated heterocycles. The number of aliphatic carboxylic acids is 1. The third-order valence-electron chi connectivity index (χ3n) is 4.49. The van der Waals surface area contributed by atoms with Crippen molar-refractivity contribution in [3.05, 3.63) is 12.7 Å². The predicted molar refractivity (Wildman–Crippen MR) is 103 cm³/mol. The van der Waals surface area contributed by atoms with Crippen LogP contribution in [0.5, 0.6) is 0 Å². The Morgan fingerprint density at radius 2 is 2.19 bits per heavy atom. The number of ether oxygens (including phenoxy) is 1. The summed E-state index contributed by atoms with van der Waals surface area (Å²) in [5, 5.41) is 21.2. The van der Waals surface area contributed by atoms with Crippen molar-refractivity contribution in [1.82, 2.24) is 24.6 Å². The first-order valence-corrected chi connectivity index (χ1v) is 10.6. The van der Waals surface area contributed by atoms with Crippen LogP contribution in [0.15, 0.2) is 12.7 Å². The predicted octanol–water partition coefficient (Wildman–Crippen LogP) is -1.25. The summed E-state index contributed by atoms with van der Waals surface area (Å²) in [5.74, 6) is -2.34. The smallest absolute Gasteiger partial charge is 0.460 e. The Labute approximate surface area is 175 Å². The number of rotatable bonds is 9. The topological polar surface area (TPSA) is 227 Å². The molecule has 0 spiro atoms. The van der Waals surface area contributed by atoms with Crippen LogP contribution in [0.25, 0.3) is 11.2 Å². The van der Waals surface area contributed by atoms with E-state index in [1.165, 1.54) is 19.7 Å². The summed E-state index contributed by atoms with van der Waals surface area (Å²) >= 11 is 0. The van der Waals surface area contributed by atoms with Gasteiger partial charge >= 0.3 is 19.7 Å². The number of hydrogen-bond donors (Lipinski definition) is 5. The Kier molecular flexibility index (Phi) is 6.83. The molecule has 1 aliphatic rings. The lowest BCUT2D eigenvalue weighted by Crippen LogP contribution is -2.35. The number of nitrogens with two attached hydrogens (primary N) is 2. The fourth-order valence-corrected chi connectivity index (χ4v) is 3.87. The summed E-state index contributed by atoms with van der Waals surface area (Å²) in [6, 6.07) is -1.52. The summed E-state index contributed by atoms with van der Waals surface area (Å²) in [5.41, 5.74) is 11.9. The van der Waals surface area contributed by atoms with Gasteiger partial charge in [-0.05, 0) is 7.05 Å². The molecule has 5 atom stereocenters. The van der Waals surface area contributed by atoms with Crippen molar-refractivity contribution in [2.45, 2.75) is 37.3 Å². The summed E-state index contributed by atoms with van der Waals surface area (Å²) in [7, 11) is -2.96. The highest BCUT2D eigenvalue weighted by molar-refractivity contribution is 7.52. The number of carboxylic acids is 1. The Morgan fingerprint density at radius 3 is 2.87 bits per heavy atom. The van der Waals surface area contributed by atoms with Crippen molar-refractivity contribution in [3.63, 3.8) is 0 Å². The van der Waals surface area contributed by atoms with Crippen LogP contribution in [0.3, 0.4) is 0 Å². The molecule has 1 aliphatic heterocycles. The van der Waals surface area contributed by atoms with Crippen LogP contribution in [-0.2, 0) is 27.9 Å². The van der Waals surface area contributed by atoms with E-state index < -0.39 is 57.2 Å². The lowest BCUT2D eigenvalue weighted by molar-refractivity contribution is -0.144. The molecule has 0 radical (unpaired) electrons. The molecule has 15 nitrogen and oxygen atoms in total. The maximum Gasteiger partial charge on any atom is 0.460 e. The number of nitrogens with one attached hydrogen (secondary N) is 1. The van der Waals surface area contributed by atoms with E-state index in [-0.39, 0.29) is 12.2 Å². The molecule has 0 aliphatic carbocycles. The van der Waals surface area contributed by atoms with Crippen molar-refractivity contribution >= 4 is 36.7 Å². The molecule has 2 aromatic heterocycles. The lowest BCUT2D eigenvalue weighted by atomic mass is 10.2. The first-order chi connectivity index (χ1) is 14.6. The zero-order chi connectivity index (χ0) is 22.8. The standard InChI is InChI=1S/C15H22N7O8P/c1-18-31(27,30-15(26)7(16)2-11(24)25)28-4-9-8(23)3-10(29-9)22-6-21-12-13(17)19-5-20-14(12)22/h5-10,23H,2-4,16H2,1H3,(H,18,27)(H,24,25)(H2,17,19,20)/t7-,8-,9+,10+,31?/m0/s1. The van der Waals surface area contributed by atoms with Crippen LogP contribution in [0.2, 0.25) is 0 Å². The molecule has 3 rings (SSSR count). The maximum absolute atomic E-state index is 12.6. The van der Waals surface area contributed by atoms with Gasteiger partial charge in [-0.2, -0.15) is 0 Å². The largest absolute Gasteiger partial charge is 0.481 e. The second-order valence-electron chi connectivity index (χ2n) is 6.65. The molecule has 7 N–H and O–H groups in total. The number of hydrogen-bond acceptors (Lipinski definition) is 12. The van der Waals surface area contributed by atoms with Crippen LogP contribution in [0, 0.1) is 0 Å². The lowest BCUT2D eigenvalue weighted by Gasteiger charge is -2.21. The zero-order valence-corrected chi connectivity index (χ0v) is 17.2. The molecular formula is C15H22N7O8P. The minimum absolute atomic E-state index is 0.149. The molecule has 1 unspecified atom stereocenters. The number of aliphatic hydroxyl groups is 1. The normalized spacial score (nSPS) is 24.0. The average molecular weight is 459 g/mol. The number of carboxylic acid groups (broad SMARTS) is 1. The van der Waals surface area contributed by atoms with Gasteiger partial charge in [-0.15, -0.1) is 0 Å². The van der Waals surface area contributed by atoms with Crippen molar-refractivity contribution in [2.24, 2.45) is 5.73 Å². The van der Waals surface area contributed by atoms with E-state index in [0.29, 0.717) is 11.2 Å². The van der Waals surface area contributed by atoms with E-state index in [2.05, 4.69) is 20.0 Å². The molecule has 0 aromatic carbocycles. The second kappa shape index (κ2) is 9.21. The van der Waals surface area contributed by atoms with E-state index in [0.717, 1.165) is 0 Å². The van der Waals surface area contributed by atoms with Gasteiger partial charge < -0.3 is 30.9 Å². The van der Waals surface area contributed by atoms with Crippen LogP contribution in [0.1, 0.15) is 19.1 Å². The maximum atomic E-state index is 12.6. The molecule has 1 fully saturated rings.